The fraction of sp³-hybridized carbons (Fsp3) is 0.0606. The van der Waals surface area contributed by atoms with E-state index in [1.54, 1.807) is 111 Å². The Kier molecular flexibility index (Phi) is 16.3. The van der Waals surface area contributed by atoms with Crippen molar-refractivity contribution in [3.05, 3.63) is 242 Å². The smallest absolute Gasteiger partial charge is 0.338 e. The summed E-state index contributed by atoms with van der Waals surface area (Å²) < 4.78 is 23.0. The van der Waals surface area contributed by atoms with Crippen LogP contribution in [-0.2, 0) is 9.47 Å². The summed E-state index contributed by atoms with van der Waals surface area (Å²) in [5.74, 6) is 2.84. The molecule has 0 fully saturated rings. The summed E-state index contributed by atoms with van der Waals surface area (Å²) in [6.07, 6.45) is 0. The maximum atomic E-state index is 12.4. The van der Waals surface area contributed by atoms with Crippen LogP contribution in [0.25, 0.3) is 22.8 Å². The van der Waals surface area contributed by atoms with E-state index in [0.717, 1.165) is 22.7 Å². The highest BCUT2D eigenvalue weighted by atomic mass is 16.5. The maximum Gasteiger partial charge on any atom is 0.338 e. The van der Waals surface area contributed by atoms with Gasteiger partial charge in [-0.25, -0.2) is 9.59 Å². The zero-order valence-corrected chi connectivity index (χ0v) is 45.5. The minimum Gasteiger partial charge on any atom is -0.462 e. The number of para-hydroxylation sites is 4. The topological polar surface area (TPSA) is 231 Å². The Morgan fingerprint density at radius 3 is 1.05 bits per heavy atom. The lowest BCUT2D eigenvalue weighted by Crippen LogP contribution is -2.15. The normalized spacial score (nSPS) is 10.8. The Labute approximate surface area is 484 Å². The number of carbonyl (C=O) groups excluding carboxylic acids is 2. The van der Waals surface area contributed by atoms with E-state index < -0.39 is 11.9 Å². The van der Waals surface area contributed by atoms with Crippen molar-refractivity contribution in [3.8, 4) is 45.8 Å². The van der Waals surface area contributed by atoms with Crippen LogP contribution in [0.2, 0.25) is 0 Å². The van der Waals surface area contributed by atoms with Crippen LogP contribution in [0.3, 0.4) is 0 Å². The molecule has 414 valence electrons. The molecule has 0 aliphatic rings. The van der Waals surface area contributed by atoms with Crippen LogP contribution in [0.5, 0.6) is 23.0 Å². The molecule has 18 nitrogen and oxygen atoms in total. The number of hydrogen-bond donors (Lipinski definition) is 4. The van der Waals surface area contributed by atoms with Gasteiger partial charge in [0.1, 0.15) is 23.0 Å². The van der Waals surface area contributed by atoms with Gasteiger partial charge in [0.15, 0.2) is 11.6 Å². The van der Waals surface area contributed by atoms with Crippen molar-refractivity contribution < 1.29 is 28.5 Å². The first-order valence-corrected chi connectivity index (χ1v) is 26.8. The minimum atomic E-state index is -0.413. The van der Waals surface area contributed by atoms with Gasteiger partial charge in [0.05, 0.1) is 35.7 Å². The molecule has 0 radical (unpaired) electrons. The molecule has 0 bridgehead atoms. The molecule has 0 aliphatic carbocycles. The lowest BCUT2D eigenvalue weighted by atomic mass is 10.1. The van der Waals surface area contributed by atoms with E-state index >= 15 is 0 Å². The van der Waals surface area contributed by atoms with E-state index in [2.05, 4.69) is 10.6 Å². The number of nitrogens with zero attached hydrogens (tertiary/aromatic N) is 8. The van der Waals surface area contributed by atoms with Gasteiger partial charge in [-0.05, 0) is 172 Å². The molecule has 11 aromatic rings. The molecule has 0 unspecified atom stereocenters. The monoisotopic (exact) mass is 1110 g/mol. The number of carbonyl (C=O) groups is 2. The molecule has 0 amide bonds. The molecule has 2 heterocycles. The van der Waals surface area contributed by atoms with Crippen LogP contribution in [0.15, 0.2) is 231 Å². The first-order valence-electron chi connectivity index (χ1n) is 26.8. The predicted molar refractivity (Wildman–Crippen MR) is 327 cm³/mol. The van der Waals surface area contributed by atoms with Crippen molar-refractivity contribution in [2.24, 2.45) is 0 Å². The van der Waals surface area contributed by atoms with Gasteiger partial charge in [0, 0.05) is 45.3 Å². The molecule has 11 rings (SSSR count). The van der Waals surface area contributed by atoms with Crippen LogP contribution in [-0.4, -0.2) is 55.1 Å². The average molecular weight is 1110 g/mol. The van der Waals surface area contributed by atoms with E-state index in [4.69, 9.17) is 60.3 Å². The van der Waals surface area contributed by atoms with Crippen molar-refractivity contribution in [1.29, 1.82) is 0 Å². The molecule has 18 heteroatoms. The van der Waals surface area contributed by atoms with Gasteiger partial charge in [-0.2, -0.15) is 29.9 Å². The van der Waals surface area contributed by atoms with Gasteiger partial charge in [-0.1, -0.05) is 72.8 Å². The first-order chi connectivity index (χ1) is 41.1. The number of rotatable bonds is 20. The second-order valence-corrected chi connectivity index (χ2v) is 18.6. The molecule has 0 spiro atoms. The standard InChI is InChI=1S/C66H54N12O6/c1-3-81-61(79)43-25-31-47(32-26-43)69-63-71-59(73-65(75-63)77(49-17-9-5-10-18-49)50-19-11-6-12-20-50)45-29-39-57(55(67)41-45)83-53-35-37-54(38-36-53)84-58-40-30-46(42-56(58)68)60-72-64(70-48-33-27-44(28-34-48)62(80)82-4-2)76-66(74-60)78(51-21-13-7-14-22-51)52-23-15-8-16-24-52/h5-42H,3-4,67-68H2,1-2H3,(H,69,71,73,75)(H,70,72,74,76). The molecule has 0 saturated carbocycles. The summed E-state index contributed by atoms with van der Waals surface area (Å²) in [7, 11) is 0. The number of nitrogens with two attached hydrogens (primary N) is 2. The summed E-state index contributed by atoms with van der Waals surface area (Å²) in [5.41, 5.74) is 20.7. The number of aromatic nitrogens is 6. The van der Waals surface area contributed by atoms with Crippen LogP contribution in [0, 0.1) is 0 Å². The number of anilines is 12. The van der Waals surface area contributed by atoms with Gasteiger partial charge in [0.25, 0.3) is 0 Å². The molecule has 0 aliphatic heterocycles. The summed E-state index contributed by atoms with van der Waals surface area (Å²) >= 11 is 0. The van der Waals surface area contributed by atoms with E-state index in [1.807, 2.05) is 143 Å². The van der Waals surface area contributed by atoms with Gasteiger partial charge < -0.3 is 41.0 Å². The summed E-state index contributed by atoms with van der Waals surface area (Å²) in [6.45, 7) is 4.07. The first kappa shape index (κ1) is 54.3. The highest BCUT2D eigenvalue weighted by Crippen LogP contribution is 2.39. The number of ether oxygens (including phenoxy) is 4. The molecule has 0 atom stereocenters. The predicted octanol–water partition coefficient (Wildman–Crippen LogP) is 14.9. The third kappa shape index (κ3) is 12.8. The highest BCUT2D eigenvalue weighted by Gasteiger charge is 2.22. The number of nitrogen functional groups attached to an aromatic ring is 2. The minimum absolute atomic E-state index is 0.251. The Hall–Kier alpha value is -11.7. The SMILES string of the molecule is CCOC(=O)c1ccc(Nc2nc(-c3ccc(Oc4ccc(Oc5ccc(-c6nc(Nc7ccc(C(=O)OCC)cc7)nc(N(c7ccccc7)c7ccccc7)n6)cc5N)cc4)c(N)c3)nc(N(c3ccccc3)c3ccccc3)n2)cc1. The van der Waals surface area contributed by atoms with Crippen molar-refractivity contribution in [3.63, 3.8) is 0 Å². The van der Waals surface area contributed by atoms with Gasteiger partial charge in [-0.15, -0.1) is 0 Å². The molecule has 9 aromatic carbocycles. The van der Waals surface area contributed by atoms with Gasteiger partial charge in [-0.3, -0.25) is 9.80 Å². The average Bonchev–Trinajstić information content (AvgIpc) is 3.31. The molecule has 0 saturated heterocycles. The molecule has 84 heavy (non-hydrogen) atoms. The zero-order chi connectivity index (χ0) is 57.8. The molecule has 2 aromatic heterocycles. The quantitative estimate of drug-likeness (QED) is 0.0410. The maximum absolute atomic E-state index is 12.4. The van der Waals surface area contributed by atoms with Crippen molar-refractivity contribution >= 4 is 81.2 Å². The van der Waals surface area contributed by atoms with Crippen molar-refractivity contribution in [2.45, 2.75) is 13.8 Å². The van der Waals surface area contributed by atoms with E-state index in [-0.39, 0.29) is 25.1 Å². The second-order valence-electron chi connectivity index (χ2n) is 18.6. The third-order valence-electron chi connectivity index (χ3n) is 12.8. The largest absolute Gasteiger partial charge is 0.462 e. The van der Waals surface area contributed by atoms with Crippen LogP contribution in [0.4, 0.5) is 69.3 Å². The van der Waals surface area contributed by atoms with E-state index in [0.29, 0.717) is 91.5 Å². The second kappa shape index (κ2) is 25.2. The lowest BCUT2D eigenvalue weighted by molar-refractivity contribution is 0.0517. The fourth-order valence-corrected chi connectivity index (χ4v) is 8.82. The highest BCUT2D eigenvalue weighted by molar-refractivity contribution is 5.90. The summed E-state index contributed by atoms with van der Waals surface area (Å²) in [6, 6.07) is 70.6. The Morgan fingerprint density at radius 1 is 0.405 bits per heavy atom. The van der Waals surface area contributed by atoms with Gasteiger partial charge in [0.2, 0.25) is 23.8 Å². The lowest BCUT2D eigenvalue weighted by Gasteiger charge is -2.24. The number of hydrogen-bond acceptors (Lipinski definition) is 18. The number of benzene rings is 9. The number of esters is 2. The van der Waals surface area contributed by atoms with Gasteiger partial charge >= 0.3 is 11.9 Å². The summed E-state index contributed by atoms with van der Waals surface area (Å²) in [4.78, 5) is 58.2. The van der Waals surface area contributed by atoms with Crippen molar-refractivity contribution in [2.75, 3.05) is 45.1 Å². The van der Waals surface area contributed by atoms with Crippen LogP contribution >= 0.6 is 0 Å². The Morgan fingerprint density at radius 2 is 0.738 bits per heavy atom. The molecular weight excluding hydrogens is 1060 g/mol. The molecule has 6 N–H and O–H groups in total. The zero-order valence-electron chi connectivity index (χ0n) is 45.5. The van der Waals surface area contributed by atoms with Crippen molar-refractivity contribution in [1.82, 2.24) is 29.9 Å². The van der Waals surface area contributed by atoms with Crippen LogP contribution < -0.4 is 41.4 Å². The molecular formula is C66H54N12O6. The number of nitrogens with one attached hydrogen (secondary N) is 2. The summed E-state index contributed by atoms with van der Waals surface area (Å²) in [5, 5.41) is 6.59. The fourth-order valence-electron chi connectivity index (χ4n) is 8.82. The Bertz CT molecular complexity index is 3710. The third-order valence-corrected chi connectivity index (χ3v) is 12.8. The van der Waals surface area contributed by atoms with E-state index in [1.165, 1.54) is 0 Å². The van der Waals surface area contributed by atoms with E-state index in [9.17, 15) is 9.59 Å². The van der Waals surface area contributed by atoms with Crippen LogP contribution in [0.1, 0.15) is 34.6 Å². The Balaban J connectivity index is 0.834.